The Morgan fingerprint density at radius 2 is 1.46 bits per heavy atom. The molecule has 0 saturated carbocycles. The van der Waals surface area contributed by atoms with Crippen LogP contribution >= 0.6 is 0 Å². The molecule has 0 aliphatic heterocycles. The maximum absolute atomic E-state index is 13.3. The fourth-order valence-electron chi connectivity index (χ4n) is 3.66. The number of nitrogens with one attached hydrogen (secondary N) is 2. The lowest BCUT2D eigenvalue weighted by atomic mass is 10.2. The quantitative estimate of drug-likeness (QED) is 0.195. The number of carbonyl (C=O) groups excluding carboxylic acids is 2. The summed E-state index contributed by atoms with van der Waals surface area (Å²) in [5.74, 6) is -0.976. The number of rotatable bonds is 12. The van der Waals surface area contributed by atoms with Crippen molar-refractivity contribution in [1.82, 2.24) is 9.73 Å². The number of nitrogens with zero attached hydrogens (tertiary/aromatic N) is 2. The molecule has 0 aromatic heterocycles. The van der Waals surface area contributed by atoms with Crippen LogP contribution in [0.5, 0.6) is 5.75 Å². The first kappa shape index (κ1) is 29.1. The Labute approximate surface area is 237 Å². The SMILES string of the molecule is O=C(CN(Cc1ccccc1)S(=O)(=O)c1ccccc1)N/N=C\c1ccc(OCC(=O)Nc2ccc(F)cc2)cc1. The molecule has 0 unspecified atom stereocenters. The van der Waals surface area contributed by atoms with E-state index in [1.165, 1.54) is 42.6 Å². The van der Waals surface area contributed by atoms with E-state index < -0.39 is 34.2 Å². The molecule has 0 heterocycles. The molecule has 0 aliphatic rings. The number of benzene rings is 4. The van der Waals surface area contributed by atoms with Gasteiger partial charge in [0.1, 0.15) is 11.6 Å². The van der Waals surface area contributed by atoms with Crippen LogP contribution in [0.15, 0.2) is 119 Å². The number of anilines is 1. The standard InChI is InChI=1S/C30H27FN4O5S/c31-25-13-15-26(16-14-25)33-30(37)22-40-27-17-11-23(12-18-27)19-32-34-29(36)21-35(20-24-7-3-1-4-8-24)41(38,39)28-9-5-2-6-10-28/h1-19H,20-22H2,(H,33,37)(H,34,36)/b32-19-. The maximum Gasteiger partial charge on any atom is 0.262 e. The first-order valence-corrected chi connectivity index (χ1v) is 13.9. The van der Waals surface area contributed by atoms with E-state index in [1.54, 1.807) is 66.7 Å². The minimum atomic E-state index is -3.94. The van der Waals surface area contributed by atoms with Gasteiger partial charge in [-0.2, -0.15) is 9.41 Å². The first-order valence-electron chi connectivity index (χ1n) is 12.5. The molecular weight excluding hydrogens is 547 g/mol. The molecule has 0 atom stereocenters. The van der Waals surface area contributed by atoms with Crippen molar-refractivity contribution in [2.45, 2.75) is 11.4 Å². The summed E-state index contributed by atoms with van der Waals surface area (Å²) in [6.07, 6.45) is 1.40. The van der Waals surface area contributed by atoms with E-state index >= 15 is 0 Å². The molecule has 0 spiro atoms. The molecule has 4 aromatic rings. The molecule has 0 bridgehead atoms. The van der Waals surface area contributed by atoms with Crippen LogP contribution in [-0.4, -0.2) is 43.9 Å². The van der Waals surface area contributed by atoms with Crippen molar-refractivity contribution in [2.75, 3.05) is 18.5 Å². The normalized spacial score (nSPS) is 11.4. The van der Waals surface area contributed by atoms with E-state index in [2.05, 4.69) is 15.8 Å². The van der Waals surface area contributed by atoms with Crippen LogP contribution in [0, 0.1) is 5.82 Å². The van der Waals surface area contributed by atoms with Crippen molar-refractivity contribution in [3.8, 4) is 5.75 Å². The number of carbonyl (C=O) groups is 2. The van der Waals surface area contributed by atoms with Crippen molar-refractivity contribution in [2.24, 2.45) is 5.10 Å². The molecule has 0 radical (unpaired) electrons. The van der Waals surface area contributed by atoms with Crippen molar-refractivity contribution in [3.63, 3.8) is 0 Å². The van der Waals surface area contributed by atoms with Gasteiger partial charge >= 0.3 is 0 Å². The topological polar surface area (TPSA) is 117 Å². The first-order chi connectivity index (χ1) is 19.8. The van der Waals surface area contributed by atoms with Crippen molar-refractivity contribution in [3.05, 3.63) is 126 Å². The highest BCUT2D eigenvalue weighted by atomic mass is 32.2. The number of hydrogen-bond donors (Lipinski definition) is 2. The van der Waals surface area contributed by atoms with E-state index in [4.69, 9.17) is 4.74 Å². The Balaban J connectivity index is 1.31. The number of amides is 2. The van der Waals surface area contributed by atoms with Crippen molar-refractivity contribution >= 4 is 33.7 Å². The third kappa shape index (κ3) is 8.82. The molecule has 0 saturated heterocycles. The van der Waals surface area contributed by atoms with Gasteiger partial charge in [0.05, 0.1) is 17.7 Å². The van der Waals surface area contributed by atoms with Crippen LogP contribution in [0.4, 0.5) is 10.1 Å². The van der Waals surface area contributed by atoms with E-state index in [0.29, 0.717) is 17.0 Å². The molecule has 0 aliphatic carbocycles. The molecule has 9 nitrogen and oxygen atoms in total. The van der Waals surface area contributed by atoms with Gasteiger partial charge in [0.25, 0.3) is 11.8 Å². The molecule has 4 aromatic carbocycles. The summed E-state index contributed by atoms with van der Waals surface area (Å²) in [5, 5.41) is 6.54. The summed E-state index contributed by atoms with van der Waals surface area (Å²) in [4.78, 5) is 24.8. The largest absolute Gasteiger partial charge is 0.484 e. The highest BCUT2D eigenvalue weighted by molar-refractivity contribution is 7.89. The molecule has 0 fully saturated rings. The van der Waals surface area contributed by atoms with Crippen LogP contribution in [0.3, 0.4) is 0 Å². The summed E-state index contributed by atoms with van der Waals surface area (Å²) < 4.78 is 46.0. The third-order valence-corrected chi connectivity index (χ3v) is 7.49. The minimum absolute atomic E-state index is 0.0125. The van der Waals surface area contributed by atoms with Gasteiger partial charge in [-0.25, -0.2) is 18.2 Å². The smallest absolute Gasteiger partial charge is 0.262 e. The summed E-state index contributed by atoms with van der Waals surface area (Å²) >= 11 is 0. The van der Waals surface area contributed by atoms with Gasteiger partial charge in [-0.1, -0.05) is 48.5 Å². The van der Waals surface area contributed by atoms with Crippen LogP contribution in [-0.2, 0) is 26.2 Å². The fourth-order valence-corrected chi connectivity index (χ4v) is 5.06. The van der Waals surface area contributed by atoms with Gasteiger partial charge in [0.2, 0.25) is 10.0 Å². The molecule has 2 amide bonds. The molecule has 2 N–H and O–H groups in total. The van der Waals surface area contributed by atoms with Crippen molar-refractivity contribution in [1.29, 1.82) is 0 Å². The minimum Gasteiger partial charge on any atom is -0.484 e. The molecule has 210 valence electrons. The monoisotopic (exact) mass is 574 g/mol. The number of ether oxygens (including phenoxy) is 1. The second kappa shape index (κ2) is 14.0. The zero-order valence-corrected chi connectivity index (χ0v) is 22.6. The Bertz CT molecular complexity index is 1580. The summed E-state index contributed by atoms with van der Waals surface area (Å²) in [6.45, 7) is -0.666. The Hall–Kier alpha value is -4.87. The zero-order chi connectivity index (χ0) is 29.1. The van der Waals surface area contributed by atoms with Gasteiger partial charge < -0.3 is 10.1 Å². The van der Waals surface area contributed by atoms with Gasteiger partial charge in [-0.05, 0) is 71.8 Å². The predicted molar refractivity (Wildman–Crippen MR) is 153 cm³/mol. The third-order valence-electron chi connectivity index (χ3n) is 5.68. The van der Waals surface area contributed by atoms with E-state index in [1.807, 2.05) is 6.07 Å². The molecule has 4 rings (SSSR count). The highest BCUT2D eigenvalue weighted by Gasteiger charge is 2.26. The molecule has 41 heavy (non-hydrogen) atoms. The average molecular weight is 575 g/mol. The van der Waals surface area contributed by atoms with Crippen LogP contribution in [0.1, 0.15) is 11.1 Å². The average Bonchev–Trinajstić information content (AvgIpc) is 2.98. The lowest BCUT2D eigenvalue weighted by Crippen LogP contribution is -2.39. The number of hydrogen-bond acceptors (Lipinski definition) is 6. The number of halogens is 1. The highest BCUT2D eigenvalue weighted by Crippen LogP contribution is 2.18. The number of sulfonamides is 1. The van der Waals surface area contributed by atoms with Crippen LogP contribution in [0.2, 0.25) is 0 Å². The maximum atomic E-state index is 13.3. The Morgan fingerprint density at radius 3 is 2.12 bits per heavy atom. The van der Waals surface area contributed by atoms with Crippen LogP contribution < -0.4 is 15.5 Å². The van der Waals surface area contributed by atoms with Gasteiger partial charge in [-0.3, -0.25) is 9.59 Å². The Morgan fingerprint density at radius 1 is 0.829 bits per heavy atom. The van der Waals surface area contributed by atoms with Gasteiger partial charge in [-0.15, -0.1) is 0 Å². The molecule has 11 heteroatoms. The molecular formula is C30H27FN4O5S. The van der Waals surface area contributed by atoms with E-state index in [9.17, 15) is 22.4 Å². The number of hydrazone groups is 1. The van der Waals surface area contributed by atoms with E-state index in [-0.39, 0.29) is 18.0 Å². The van der Waals surface area contributed by atoms with Gasteiger partial charge in [0, 0.05) is 12.2 Å². The Kier molecular flexibility index (Phi) is 9.92. The summed E-state index contributed by atoms with van der Waals surface area (Å²) in [6, 6.07) is 28.9. The fraction of sp³-hybridized carbons (Fsp3) is 0.100. The van der Waals surface area contributed by atoms with Crippen molar-refractivity contribution < 1.29 is 27.1 Å². The summed E-state index contributed by atoms with van der Waals surface area (Å²) in [7, 11) is -3.94. The lowest BCUT2D eigenvalue weighted by Gasteiger charge is -2.21. The second-order valence-corrected chi connectivity index (χ2v) is 10.7. The summed E-state index contributed by atoms with van der Waals surface area (Å²) in [5.41, 5.74) is 4.19. The van der Waals surface area contributed by atoms with Crippen LogP contribution in [0.25, 0.3) is 0 Å². The van der Waals surface area contributed by atoms with E-state index in [0.717, 1.165) is 9.87 Å². The zero-order valence-electron chi connectivity index (χ0n) is 21.8. The second-order valence-electron chi connectivity index (χ2n) is 8.78. The lowest BCUT2D eigenvalue weighted by molar-refractivity contribution is -0.121. The van der Waals surface area contributed by atoms with Gasteiger partial charge in [0.15, 0.2) is 6.61 Å². The predicted octanol–water partition coefficient (Wildman–Crippen LogP) is 4.18.